The van der Waals surface area contributed by atoms with Crippen molar-refractivity contribution in [2.75, 3.05) is 12.9 Å². The van der Waals surface area contributed by atoms with E-state index >= 15 is 0 Å². The Balaban J connectivity index is 0.000000629. The van der Waals surface area contributed by atoms with Gasteiger partial charge in [-0.25, -0.2) is 0 Å². The maximum absolute atomic E-state index is 10.9. The van der Waals surface area contributed by atoms with Crippen LogP contribution in [0.25, 0.3) is 10.9 Å². The summed E-state index contributed by atoms with van der Waals surface area (Å²) in [5, 5.41) is 1.26. The van der Waals surface area contributed by atoms with Gasteiger partial charge >= 0.3 is 0 Å². The lowest BCUT2D eigenvalue weighted by atomic mass is 10.0. The van der Waals surface area contributed by atoms with Gasteiger partial charge in [0.1, 0.15) is 11.5 Å². The molecule has 0 amide bonds. The van der Waals surface area contributed by atoms with E-state index in [2.05, 4.69) is 93.2 Å². The monoisotopic (exact) mass is 616 g/mol. The van der Waals surface area contributed by atoms with Crippen LogP contribution in [0.5, 0.6) is 5.75 Å². The van der Waals surface area contributed by atoms with Gasteiger partial charge < -0.3 is 20.2 Å². The second-order valence-corrected chi connectivity index (χ2v) is 11.7. The number of hydrogen-bond acceptors (Lipinski definition) is 4. The molecule has 0 saturated heterocycles. The van der Waals surface area contributed by atoms with Gasteiger partial charge in [-0.15, -0.1) is 13.2 Å². The van der Waals surface area contributed by atoms with Gasteiger partial charge in [0.15, 0.2) is 0 Å². The fraction of sp³-hybridized carbons (Fsp3) is 0.359. The minimum absolute atomic E-state index is 0. The summed E-state index contributed by atoms with van der Waals surface area (Å²) in [6, 6.07) is 27.0. The van der Waals surface area contributed by atoms with E-state index in [4.69, 9.17) is 10.5 Å². The highest BCUT2D eigenvalue weighted by Gasteiger charge is 2.08. The molecule has 0 spiro atoms. The normalized spacial score (nSPS) is 11.1. The number of aromatic nitrogens is 1. The highest BCUT2D eigenvalue weighted by atomic mass is 32.2. The molecular weight excluding hydrogens is 561 g/mol. The summed E-state index contributed by atoms with van der Waals surface area (Å²) >= 11 is 1.88. The zero-order valence-corrected chi connectivity index (χ0v) is 27.7. The highest BCUT2D eigenvalue weighted by molar-refractivity contribution is 7.98. The molecule has 3 aromatic carbocycles. The number of hydrogen-bond donors (Lipinski definition) is 2. The number of ketones is 1. The van der Waals surface area contributed by atoms with E-state index in [1.54, 1.807) is 14.0 Å². The lowest BCUT2D eigenvalue weighted by Crippen LogP contribution is -2.23. The van der Waals surface area contributed by atoms with Crippen LogP contribution >= 0.6 is 11.8 Å². The molecule has 2 atom stereocenters. The molecule has 4 nitrogen and oxygen atoms in total. The van der Waals surface area contributed by atoms with Crippen LogP contribution in [0.3, 0.4) is 0 Å². The number of Topliss-reactive ketones (excluding diaryl/α,β-unsaturated/α-hetero) is 1. The number of thioether (sulfide) groups is 1. The van der Waals surface area contributed by atoms with Crippen molar-refractivity contribution >= 4 is 28.4 Å². The van der Waals surface area contributed by atoms with Gasteiger partial charge in [-0.3, -0.25) is 0 Å². The lowest BCUT2D eigenvalue weighted by molar-refractivity contribution is -0.117. The number of ether oxygens (including phenoxy) is 1. The molecule has 0 aliphatic rings. The maximum atomic E-state index is 10.9. The Morgan fingerprint density at radius 3 is 2.14 bits per heavy atom. The van der Waals surface area contributed by atoms with E-state index in [9.17, 15) is 4.79 Å². The second kappa shape index (κ2) is 23.9. The van der Waals surface area contributed by atoms with E-state index in [0.717, 1.165) is 29.2 Å². The number of para-hydroxylation sites is 1. The van der Waals surface area contributed by atoms with E-state index < -0.39 is 0 Å². The molecule has 1 heterocycles. The minimum Gasteiger partial charge on any atom is -0.497 e. The first kappa shape index (κ1) is 40.5. The van der Waals surface area contributed by atoms with Crippen LogP contribution in [-0.2, 0) is 23.4 Å². The van der Waals surface area contributed by atoms with Crippen LogP contribution in [0.15, 0.2) is 110 Å². The topological polar surface area (TPSA) is 68.1 Å². The maximum Gasteiger partial charge on any atom is 0.130 e. The molecule has 0 radical (unpaired) electrons. The van der Waals surface area contributed by atoms with Crippen molar-refractivity contribution in [2.24, 2.45) is 11.7 Å². The van der Waals surface area contributed by atoms with Crippen LogP contribution in [0.1, 0.15) is 64.7 Å². The first-order chi connectivity index (χ1) is 20.7. The lowest BCUT2D eigenvalue weighted by Gasteiger charge is -2.09. The molecule has 3 N–H and O–H groups in total. The molecule has 240 valence electrons. The highest BCUT2D eigenvalue weighted by Crippen LogP contribution is 2.20. The van der Waals surface area contributed by atoms with Crippen LogP contribution in [0.2, 0.25) is 0 Å². The molecular formula is C39H56N2O2S. The van der Waals surface area contributed by atoms with E-state index in [-0.39, 0.29) is 19.3 Å². The predicted molar refractivity (Wildman–Crippen MR) is 197 cm³/mol. The molecule has 0 fully saturated rings. The van der Waals surface area contributed by atoms with Gasteiger partial charge in [-0.05, 0) is 73.2 Å². The van der Waals surface area contributed by atoms with Gasteiger partial charge in [0, 0.05) is 35.3 Å². The molecule has 4 rings (SSSR count). The third-order valence-electron chi connectivity index (χ3n) is 6.60. The molecule has 0 unspecified atom stereocenters. The summed E-state index contributed by atoms with van der Waals surface area (Å²) in [4.78, 5) is 14.2. The molecule has 5 heteroatoms. The summed E-state index contributed by atoms with van der Waals surface area (Å²) in [5.74, 6) is 3.67. The number of carbonyl (C=O) groups is 1. The minimum atomic E-state index is 0. The molecule has 0 aliphatic heterocycles. The standard InChI is InChI=1S/C14H20O2S.C13H16N2.C9H12.C2H4.CH4/c1-11(8-12(2)15)9-17-10-13-4-6-14(16-3)7-5-13;1-9(2)12(14)7-10-8-15-13-6-4-3-5-11(10)13;1-2-6-9-7-4-3-5-8-9;1-2;/h4-7,11H,8-10H2,1-3H3;3-6,8,12,15H,1,7,14H2,2H3;3-5,7-8H,2,6H2,1H3;1-2H2;1H4/t11-;12-;;;/m00.../s1. The van der Waals surface area contributed by atoms with Crippen LogP contribution in [0, 0.1) is 5.92 Å². The van der Waals surface area contributed by atoms with Crippen molar-refractivity contribution < 1.29 is 9.53 Å². The van der Waals surface area contributed by atoms with Crippen LogP contribution < -0.4 is 10.5 Å². The largest absolute Gasteiger partial charge is 0.497 e. The Labute approximate surface area is 272 Å². The van der Waals surface area contributed by atoms with Gasteiger partial charge in [0.25, 0.3) is 0 Å². The first-order valence-electron chi connectivity index (χ1n) is 14.9. The summed E-state index contributed by atoms with van der Waals surface area (Å²) in [5.41, 5.74) is 12.2. The van der Waals surface area contributed by atoms with Gasteiger partial charge in [-0.1, -0.05) is 101 Å². The smallest absolute Gasteiger partial charge is 0.130 e. The van der Waals surface area contributed by atoms with E-state index in [1.807, 2.05) is 49.1 Å². The molecule has 0 bridgehead atoms. The van der Waals surface area contributed by atoms with Crippen molar-refractivity contribution in [2.45, 2.75) is 72.6 Å². The Morgan fingerprint density at radius 1 is 0.955 bits per heavy atom. The third-order valence-corrected chi connectivity index (χ3v) is 7.94. The fourth-order valence-electron chi connectivity index (χ4n) is 4.29. The van der Waals surface area contributed by atoms with Gasteiger partial charge in [0.05, 0.1) is 7.11 Å². The summed E-state index contributed by atoms with van der Waals surface area (Å²) < 4.78 is 5.11. The summed E-state index contributed by atoms with van der Waals surface area (Å²) in [6.45, 7) is 17.8. The quantitative estimate of drug-likeness (QED) is 0.155. The van der Waals surface area contributed by atoms with Crippen LogP contribution in [-0.4, -0.2) is 29.7 Å². The van der Waals surface area contributed by atoms with Crippen molar-refractivity contribution in [1.29, 1.82) is 0 Å². The van der Waals surface area contributed by atoms with Crippen molar-refractivity contribution in [3.63, 3.8) is 0 Å². The number of methoxy groups -OCH3 is 1. The third kappa shape index (κ3) is 16.3. The van der Waals surface area contributed by atoms with Crippen LogP contribution in [0.4, 0.5) is 0 Å². The van der Waals surface area contributed by atoms with Crippen molar-refractivity contribution in [3.05, 3.63) is 127 Å². The van der Waals surface area contributed by atoms with E-state index in [0.29, 0.717) is 12.3 Å². The number of benzene rings is 3. The molecule has 44 heavy (non-hydrogen) atoms. The Bertz CT molecular complexity index is 1310. The number of nitrogens with two attached hydrogens (primary N) is 1. The second-order valence-electron chi connectivity index (χ2n) is 10.6. The number of nitrogens with one attached hydrogen (secondary N) is 1. The summed E-state index contributed by atoms with van der Waals surface area (Å²) in [7, 11) is 1.67. The Hall–Kier alpha value is -3.54. The average Bonchev–Trinajstić information content (AvgIpc) is 3.42. The number of carbonyl (C=O) groups excluding carboxylic acids is 1. The van der Waals surface area contributed by atoms with E-state index in [1.165, 1.54) is 40.4 Å². The predicted octanol–water partition coefficient (Wildman–Crippen LogP) is 10.2. The fourth-order valence-corrected chi connectivity index (χ4v) is 5.36. The molecule has 4 aromatic rings. The molecule has 0 aliphatic carbocycles. The summed E-state index contributed by atoms with van der Waals surface area (Å²) in [6.07, 6.45) is 6.02. The average molecular weight is 617 g/mol. The number of aromatic amines is 1. The van der Waals surface area contributed by atoms with Gasteiger partial charge in [-0.2, -0.15) is 11.8 Å². The first-order valence-corrected chi connectivity index (χ1v) is 16.1. The molecule has 1 aromatic heterocycles. The van der Waals surface area contributed by atoms with Crippen molar-refractivity contribution in [1.82, 2.24) is 4.98 Å². The van der Waals surface area contributed by atoms with Crippen molar-refractivity contribution in [3.8, 4) is 5.75 Å². The van der Waals surface area contributed by atoms with Gasteiger partial charge in [0.2, 0.25) is 0 Å². The Morgan fingerprint density at radius 2 is 1.57 bits per heavy atom. The zero-order chi connectivity index (χ0) is 32.0. The number of rotatable bonds is 12. The zero-order valence-electron chi connectivity index (χ0n) is 26.9. The number of aryl methyl sites for hydroxylation is 1. The SMILES string of the molecule is C.C=C.C=C(C)[C@@H](N)Cc1c[nH]c2ccccc12.CCCc1ccccc1.COc1ccc(CSC[C@@H](C)CC(C)=O)cc1. The Kier molecular flexibility index (Phi) is 21.9. The molecule has 0 saturated carbocycles. The number of fused-ring (bicyclic) bond motifs is 1. The number of H-pyrrole nitrogens is 1.